The van der Waals surface area contributed by atoms with Gasteiger partial charge in [0.1, 0.15) is 6.54 Å². The zero-order chi connectivity index (χ0) is 23.1. The summed E-state index contributed by atoms with van der Waals surface area (Å²) < 4.78 is 13.8. The Morgan fingerprint density at radius 3 is 2.82 bits per heavy atom. The van der Waals surface area contributed by atoms with Crippen LogP contribution in [0.3, 0.4) is 0 Å². The molecule has 5 aromatic rings. The number of nitrogens with one attached hydrogen (secondary N) is 1. The number of nitrogens with zero attached hydrogens (tertiary/aromatic N) is 4. The minimum absolute atomic E-state index is 0.173. The van der Waals surface area contributed by atoms with E-state index >= 15 is 0 Å². The van der Waals surface area contributed by atoms with Gasteiger partial charge in [0.25, 0.3) is 5.56 Å². The Kier molecular flexibility index (Phi) is 4.84. The van der Waals surface area contributed by atoms with Crippen molar-refractivity contribution in [2.75, 3.05) is 12.1 Å². The number of carbonyl (C=O) groups is 1. The Balaban J connectivity index is 1.20. The summed E-state index contributed by atoms with van der Waals surface area (Å²) in [4.78, 5) is 30.6. The van der Waals surface area contributed by atoms with E-state index in [1.807, 2.05) is 46.4 Å². The highest BCUT2D eigenvalue weighted by Crippen LogP contribution is 2.35. The minimum atomic E-state index is -0.369. The number of amides is 1. The number of thiazole rings is 1. The number of anilines is 1. The Morgan fingerprint density at radius 1 is 1.03 bits per heavy atom. The topological polar surface area (TPSA) is 99.8 Å². The summed E-state index contributed by atoms with van der Waals surface area (Å²) in [6, 6.07) is 15.9. The smallest absolute Gasteiger partial charge is 0.267 e. The Bertz CT molecular complexity index is 1570. The number of carbonyl (C=O) groups excluding carboxylic acids is 1. The van der Waals surface area contributed by atoms with Gasteiger partial charge in [0.05, 0.1) is 11.4 Å². The predicted molar refractivity (Wildman–Crippen MR) is 127 cm³/mol. The number of benzene rings is 2. The molecule has 9 nitrogen and oxygen atoms in total. The monoisotopic (exact) mass is 471 g/mol. The van der Waals surface area contributed by atoms with Crippen molar-refractivity contribution in [1.29, 1.82) is 0 Å². The van der Waals surface area contributed by atoms with Crippen LogP contribution in [0.5, 0.6) is 11.5 Å². The molecular weight excluding hydrogens is 454 g/mol. The van der Waals surface area contributed by atoms with Gasteiger partial charge in [-0.15, -0.1) is 11.3 Å². The zero-order valence-electron chi connectivity index (χ0n) is 17.7. The van der Waals surface area contributed by atoms with Crippen molar-refractivity contribution in [1.82, 2.24) is 19.2 Å². The van der Waals surface area contributed by atoms with E-state index in [1.54, 1.807) is 35.6 Å². The van der Waals surface area contributed by atoms with E-state index in [0.29, 0.717) is 22.9 Å². The van der Waals surface area contributed by atoms with E-state index in [-0.39, 0.29) is 24.8 Å². The highest BCUT2D eigenvalue weighted by molar-refractivity contribution is 7.15. The summed E-state index contributed by atoms with van der Waals surface area (Å²) in [6.07, 6.45) is 3.89. The molecule has 3 aromatic heterocycles. The van der Waals surface area contributed by atoms with Crippen LogP contribution in [-0.2, 0) is 11.3 Å². The van der Waals surface area contributed by atoms with Gasteiger partial charge in [-0.05, 0) is 36.4 Å². The molecule has 1 aliphatic rings. The third-order valence-electron chi connectivity index (χ3n) is 5.36. The molecule has 2 aromatic carbocycles. The molecule has 0 aliphatic carbocycles. The minimum Gasteiger partial charge on any atom is -0.454 e. The zero-order valence-corrected chi connectivity index (χ0v) is 18.5. The van der Waals surface area contributed by atoms with Crippen LogP contribution in [-0.4, -0.2) is 31.9 Å². The second-order valence-electron chi connectivity index (χ2n) is 7.63. The molecule has 0 saturated heterocycles. The number of hydrogen-bond donors (Lipinski definition) is 1. The summed E-state index contributed by atoms with van der Waals surface area (Å²) in [5, 5.41) is 9.18. The molecule has 0 bridgehead atoms. The summed E-state index contributed by atoms with van der Waals surface area (Å²) >= 11 is 1.56. The van der Waals surface area contributed by atoms with Crippen LogP contribution in [0, 0.1) is 0 Å². The molecule has 34 heavy (non-hydrogen) atoms. The van der Waals surface area contributed by atoms with Gasteiger partial charge in [-0.3, -0.25) is 14.0 Å². The number of rotatable bonds is 5. The van der Waals surface area contributed by atoms with Gasteiger partial charge in [0, 0.05) is 40.7 Å². The van der Waals surface area contributed by atoms with E-state index in [0.717, 1.165) is 26.5 Å². The lowest BCUT2D eigenvalue weighted by Crippen LogP contribution is -2.29. The fourth-order valence-corrected chi connectivity index (χ4v) is 4.43. The standard InChI is InChI=1S/C24H17N5O4S/c30-22(25-17-3-1-2-15(10-17)19-12-28-8-9-34-24(28)26-19)13-29-23(31)7-5-18(27-29)16-4-6-20-21(11-16)33-14-32-20/h1-12H,13-14H2,(H,25,30). The molecule has 10 heteroatoms. The maximum Gasteiger partial charge on any atom is 0.267 e. The highest BCUT2D eigenvalue weighted by Gasteiger charge is 2.15. The molecule has 0 saturated carbocycles. The van der Waals surface area contributed by atoms with Crippen LogP contribution >= 0.6 is 11.3 Å². The van der Waals surface area contributed by atoms with Crippen LogP contribution in [0.1, 0.15) is 0 Å². The summed E-state index contributed by atoms with van der Waals surface area (Å²) in [5.74, 6) is 0.918. The van der Waals surface area contributed by atoms with Crippen molar-refractivity contribution < 1.29 is 14.3 Å². The second kappa shape index (κ2) is 8.16. The summed E-state index contributed by atoms with van der Waals surface area (Å²) in [6.45, 7) is -0.0478. The molecule has 4 heterocycles. The van der Waals surface area contributed by atoms with E-state index in [4.69, 9.17) is 9.47 Å². The first-order valence-electron chi connectivity index (χ1n) is 10.4. The third-order valence-corrected chi connectivity index (χ3v) is 6.13. The lowest BCUT2D eigenvalue weighted by atomic mass is 10.1. The first-order valence-corrected chi connectivity index (χ1v) is 11.3. The fourth-order valence-electron chi connectivity index (χ4n) is 3.73. The molecule has 0 radical (unpaired) electrons. The summed E-state index contributed by atoms with van der Waals surface area (Å²) in [5.41, 5.74) is 3.25. The van der Waals surface area contributed by atoms with Gasteiger partial charge < -0.3 is 14.8 Å². The van der Waals surface area contributed by atoms with Gasteiger partial charge in [-0.2, -0.15) is 5.10 Å². The lowest BCUT2D eigenvalue weighted by molar-refractivity contribution is -0.117. The van der Waals surface area contributed by atoms with Crippen molar-refractivity contribution >= 4 is 27.9 Å². The largest absolute Gasteiger partial charge is 0.454 e. The molecule has 1 amide bonds. The Morgan fingerprint density at radius 2 is 1.91 bits per heavy atom. The summed E-state index contributed by atoms with van der Waals surface area (Å²) in [7, 11) is 0. The molecule has 0 unspecified atom stereocenters. The van der Waals surface area contributed by atoms with Gasteiger partial charge in [0.2, 0.25) is 12.7 Å². The molecule has 1 aliphatic heterocycles. The van der Waals surface area contributed by atoms with Crippen molar-refractivity contribution in [3.63, 3.8) is 0 Å². The van der Waals surface area contributed by atoms with Gasteiger partial charge in [-0.25, -0.2) is 9.67 Å². The van der Waals surface area contributed by atoms with Crippen molar-refractivity contribution in [3.05, 3.63) is 82.7 Å². The lowest BCUT2D eigenvalue weighted by Gasteiger charge is -2.09. The van der Waals surface area contributed by atoms with Crippen LogP contribution in [0.2, 0.25) is 0 Å². The van der Waals surface area contributed by atoms with E-state index in [9.17, 15) is 9.59 Å². The number of hydrogen-bond acceptors (Lipinski definition) is 7. The SMILES string of the molecule is O=C(Cn1nc(-c2ccc3c(c2)OCO3)ccc1=O)Nc1cccc(-c2cn3ccsc3n2)c1. The molecule has 1 N–H and O–H groups in total. The average Bonchev–Trinajstić information content (AvgIpc) is 3.56. The van der Waals surface area contributed by atoms with Crippen molar-refractivity contribution in [3.8, 4) is 34.0 Å². The molecule has 6 rings (SSSR count). The van der Waals surface area contributed by atoms with Gasteiger partial charge in [-0.1, -0.05) is 12.1 Å². The van der Waals surface area contributed by atoms with Crippen molar-refractivity contribution in [2.24, 2.45) is 0 Å². The third kappa shape index (κ3) is 3.80. The van der Waals surface area contributed by atoms with Gasteiger partial charge >= 0.3 is 0 Å². The van der Waals surface area contributed by atoms with Crippen molar-refractivity contribution in [2.45, 2.75) is 6.54 Å². The maximum atomic E-state index is 12.7. The second-order valence-corrected chi connectivity index (χ2v) is 8.50. The van der Waals surface area contributed by atoms with Crippen LogP contribution in [0.25, 0.3) is 27.5 Å². The number of aromatic nitrogens is 4. The maximum absolute atomic E-state index is 12.7. The molecule has 0 spiro atoms. The van der Waals surface area contributed by atoms with Crippen LogP contribution in [0.15, 0.2) is 77.2 Å². The number of imidazole rings is 1. The van der Waals surface area contributed by atoms with Crippen LogP contribution in [0.4, 0.5) is 5.69 Å². The molecule has 0 fully saturated rings. The number of ether oxygens (including phenoxy) is 2. The molecular formula is C24H17N5O4S. The normalized spacial score (nSPS) is 12.2. The molecule has 0 atom stereocenters. The predicted octanol–water partition coefficient (Wildman–Crippen LogP) is 3.65. The van der Waals surface area contributed by atoms with Gasteiger partial charge in [0.15, 0.2) is 16.5 Å². The first-order chi connectivity index (χ1) is 16.6. The molecule has 168 valence electrons. The quantitative estimate of drug-likeness (QED) is 0.420. The average molecular weight is 471 g/mol. The Hall–Kier alpha value is -4.44. The van der Waals surface area contributed by atoms with E-state index < -0.39 is 0 Å². The van der Waals surface area contributed by atoms with Crippen LogP contribution < -0.4 is 20.3 Å². The fraction of sp³-hybridized carbons (Fsp3) is 0.0833. The Labute approximate surface area is 196 Å². The van der Waals surface area contributed by atoms with E-state index in [2.05, 4.69) is 15.4 Å². The highest BCUT2D eigenvalue weighted by atomic mass is 32.1. The number of fused-ring (bicyclic) bond motifs is 2. The first kappa shape index (κ1) is 20.2. The van der Waals surface area contributed by atoms with E-state index in [1.165, 1.54) is 6.07 Å².